The number of Topliss-reactive ketones (excluding diaryl/α,β-unsaturated/α-hetero) is 1. The summed E-state index contributed by atoms with van der Waals surface area (Å²) in [6, 6.07) is 22.9. The first-order valence-corrected chi connectivity index (χ1v) is 11.1. The van der Waals surface area contributed by atoms with Crippen LogP contribution < -0.4 is 4.90 Å². The Balaban J connectivity index is 1.73. The first-order valence-electron chi connectivity index (χ1n) is 9.52. The second-order valence-corrected chi connectivity index (χ2v) is 8.98. The van der Waals surface area contributed by atoms with Crippen molar-refractivity contribution < 1.29 is 14.7 Å². The molecule has 3 aromatic carbocycles. The van der Waals surface area contributed by atoms with Crippen LogP contribution in [0.15, 0.2) is 88.9 Å². The summed E-state index contributed by atoms with van der Waals surface area (Å²) < 4.78 is 1.78. The molecule has 1 fully saturated rings. The highest BCUT2D eigenvalue weighted by molar-refractivity contribution is 9.10. The second-order valence-electron chi connectivity index (χ2n) is 7.05. The zero-order chi connectivity index (χ0) is 21.5. The molecular formula is C24H15BrN2O3S. The van der Waals surface area contributed by atoms with Crippen molar-refractivity contribution in [1.82, 2.24) is 4.98 Å². The first kappa shape index (κ1) is 19.7. The highest BCUT2D eigenvalue weighted by atomic mass is 79.9. The monoisotopic (exact) mass is 490 g/mol. The third kappa shape index (κ3) is 3.36. The van der Waals surface area contributed by atoms with Crippen molar-refractivity contribution in [1.29, 1.82) is 0 Å². The number of aromatic nitrogens is 1. The van der Waals surface area contributed by atoms with E-state index in [2.05, 4.69) is 20.9 Å². The van der Waals surface area contributed by atoms with E-state index in [0.717, 1.165) is 20.3 Å². The molecule has 1 unspecified atom stereocenters. The molecule has 1 saturated heterocycles. The molecule has 4 aromatic rings. The van der Waals surface area contributed by atoms with Crippen molar-refractivity contribution in [3.05, 3.63) is 100 Å². The molecule has 1 amide bonds. The molecule has 0 spiro atoms. The molecule has 1 N–H and O–H groups in total. The van der Waals surface area contributed by atoms with Gasteiger partial charge in [0, 0.05) is 10.0 Å². The second kappa shape index (κ2) is 7.76. The predicted octanol–water partition coefficient (Wildman–Crippen LogP) is 5.69. The SMILES string of the molecule is O=C1C(=O)N(c2nc3cc(Br)ccc3s2)C(c2ccccc2)/C1=C(\O)c1ccccc1. The number of halogens is 1. The number of nitrogens with zero attached hydrogens (tertiary/aromatic N) is 2. The average molecular weight is 491 g/mol. The van der Waals surface area contributed by atoms with Gasteiger partial charge >= 0.3 is 5.91 Å². The molecule has 0 radical (unpaired) electrons. The van der Waals surface area contributed by atoms with E-state index in [1.807, 2.05) is 54.6 Å². The van der Waals surface area contributed by atoms with Gasteiger partial charge in [0.05, 0.1) is 21.8 Å². The molecule has 0 saturated carbocycles. The van der Waals surface area contributed by atoms with Crippen LogP contribution in [0, 0.1) is 0 Å². The van der Waals surface area contributed by atoms with Crippen LogP contribution in [0.25, 0.3) is 16.0 Å². The van der Waals surface area contributed by atoms with E-state index >= 15 is 0 Å². The van der Waals surface area contributed by atoms with E-state index in [-0.39, 0.29) is 11.3 Å². The van der Waals surface area contributed by atoms with Crippen LogP contribution >= 0.6 is 27.3 Å². The Labute approximate surface area is 190 Å². The number of rotatable bonds is 3. The minimum absolute atomic E-state index is 0.0582. The number of benzene rings is 3. The summed E-state index contributed by atoms with van der Waals surface area (Å²) in [6.45, 7) is 0. The number of hydrogen-bond donors (Lipinski definition) is 1. The first-order chi connectivity index (χ1) is 15.0. The summed E-state index contributed by atoms with van der Waals surface area (Å²) in [7, 11) is 0. The van der Waals surface area contributed by atoms with Gasteiger partial charge in [-0.05, 0) is 23.8 Å². The van der Waals surface area contributed by atoms with E-state index in [9.17, 15) is 14.7 Å². The summed E-state index contributed by atoms with van der Waals surface area (Å²) >= 11 is 4.77. The molecule has 2 heterocycles. The third-order valence-corrected chi connectivity index (χ3v) is 6.68. The van der Waals surface area contributed by atoms with E-state index < -0.39 is 17.7 Å². The fraction of sp³-hybridized carbons (Fsp3) is 0.0417. The number of carbonyl (C=O) groups excluding carboxylic acids is 2. The van der Waals surface area contributed by atoms with E-state index in [1.165, 1.54) is 16.2 Å². The number of amides is 1. The molecule has 1 aromatic heterocycles. The lowest BCUT2D eigenvalue weighted by molar-refractivity contribution is -0.132. The van der Waals surface area contributed by atoms with Crippen LogP contribution in [-0.2, 0) is 9.59 Å². The van der Waals surface area contributed by atoms with Gasteiger partial charge in [-0.3, -0.25) is 14.5 Å². The molecule has 5 nitrogen and oxygen atoms in total. The molecule has 5 rings (SSSR count). The molecule has 1 aliphatic rings. The molecule has 152 valence electrons. The number of fused-ring (bicyclic) bond motifs is 1. The molecular weight excluding hydrogens is 476 g/mol. The Kier molecular flexibility index (Phi) is 4.92. The summed E-state index contributed by atoms with van der Waals surface area (Å²) in [4.78, 5) is 32.3. The van der Waals surface area contributed by atoms with Crippen molar-refractivity contribution >= 4 is 60.1 Å². The Morgan fingerprint density at radius 1 is 0.968 bits per heavy atom. The lowest BCUT2D eigenvalue weighted by atomic mass is 9.95. The predicted molar refractivity (Wildman–Crippen MR) is 125 cm³/mol. The molecule has 31 heavy (non-hydrogen) atoms. The molecule has 7 heteroatoms. The maximum absolute atomic E-state index is 13.2. The summed E-state index contributed by atoms with van der Waals surface area (Å²) in [5, 5.41) is 11.5. The fourth-order valence-corrected chi connectivity index (χ4v) is 5.05. The Hall–Kier alpha value is -3.29. The number of ketones is 1. The van der Waals surface area contributed by atoms with Gasteiger partial charge in [0.15, 0.2) is 5.13 Å². The number of aliphatic hydroxyl groups is 1. The molecule has 0 bridgehead atoms. The van der Waals surface area contributed by atoms with Gasteiger partial charge in [0.1, 0.15) is 5.76 Å². The average Bonchev–Trinajstić information content (AvgIpc) is 3.32. The van der Waals surface area contributed by atoms with Gasteiger partial charge in [-0.2, -0.15) is 0 Å². The third-order valence-electron chi connectivity index (χ3n) is 5.15. The van der Waals surface area contributed by atoms with Gasteiger partial charge in [0.2, 0.25) is 0 Å². The number of hydrogen-bond acceptors (Lipinski definition) is 5. The highest BCUT2D eigenvalue weighted by Gasteiger charge is 2.48. The lowest BCUT2D eigenvalue weighted by Gasteiger charge is -2.22. The Morgan fingerprint density at radius 3 is 2.35 bits per heavy atom. The number of aliphatic hydroxyl groups excluding tert-OH is 1. The largest absolute Gasteiger partial charge is 0.507 e. The van der Waals surface area contributed by atoms with Gasteiger partial charge in [-0.1, -0.05) is 87.9 Å². The summed E-state index contributed by atoms with van der Waals surface area (Å²) in [5.41, 5.74) is 1.99. The number of anilines is 1. The van der Waals surface area contributed by atoms with Crippen LogP contribution in [-0.4, -0.2) is 21.8 Å². The molecule has 1 aliphatic heterocycles. The van der Waals surface area contributed by atoms with Crippen molar-refractivity contribution in [2.45, 2.75) is 6.04 Å². The topological polar surface area (TPSA) is 70.5 Å². The van der Waals surface area contributed by atoms with Crippen LogP contribution in [0.5, 0.6) is 0 Å². The van der Waals surface area contributed by atoms with Crippen LogP contribution in [0.1, 0.15) is 17.2 Å². The summed E-state index contributed by atoms with van der Waals surface area (Å²) in [5.74, 6) is -1.63. The van der Waals surface area contributed by atoms with E-state index in [0.29, 0.717) is 10.7 Å². The zero-order valence-electron chi connectivity index (χ0n) is 16.0. The lowest BCUT2D eigenvalue weighted by Crippen LogP contribution is -2.29. The minimum Gasteiger partial charge on any atom is -0.507 e. The van der Waals surface area contributed by atoms with Crippen molar-refractivity contribution in [2.75, 3.05) is 4.90 Å². The zero-order valence-corrected chi connectivity index (χ0v) is 18.4. The van der Waals surface area contributed by atoms with Crippen LogP contribution in [0.4, 0.5) is 5.13 Å². The normalized spacial score (nSPS) is 18.1. The summed E-state index contributed by atoms with van der Waals surface area (Å²) in [6.07, 6.45) is 0. The van der Waals surface area contributed by atoms with Gasteiger partial charge in [0.25, 0.3) is 5.78 Å². The Morgan fingerprint density at radius 2 is 1.65 bits per heavy atom. The fourth-order valence-electron chi connectivity index (χ4n) is 3.72. The standard InChI is InChI=1S/C24H15BrN2O3S/c25-16-11-12-18-17(13-16)26-24(31-18)27-20(14-7-3-1-4-8-14)19(22(29)23(27)30)21(28)15-9-5-2-6-10-15/h1-13,20,28H/b21-19+. The highest BCUT2D eigenvalue weighted by Crippen LogP contribution is 2.44. The smallest absolute Gasteiger partial charge is 0.301 e. The quantitative estimate of drug-likeness (QED) is 0.227. The van der Waals surface area contributed by atoms with Crippen LogP contribution in [0.3, 0.4) is 0 Å². The minimum atomic E-state index is -0.773. The number of carbonyl (C=O) groups is 2. The van der Waals surface area contributed by atoms with Gasteiger partial charge < -0.3 is 5.11 Å². The van der Waals surface area contributed by atoms with E-state index in [4.69, 9.17) is 0 Å². The maximum atomic E-state index is 13.2. The Bertz CT molecular complexity index is 1350. The van der Waals surface area contributed by atoms with Crippen molar-refractivity contribution in [3.63, 3.8) is 0 Å². The molecule has 0 aliphatic carbocycles. The van der Waals surface area contributed by atoms with Crippen LogP contribution in [0.2, 0.25) is 0 Å². The van der Waals surface area contributed by atoms with E-state index in [1.54, 1.807) is 24.3 Å². The van der Waals surface area contributed by atoms with Gasteiger partial charge in [-0.15, -0.1) is 0 Å². The van der Waals surface area contributed by atoms with Gasteiger partial charge in [-0.25, -0.2) is 4.98 Å². The number of thiazole rings is 1. The molecule has 1 atom stereocenters. The van der Waals surface area contributed by atoms with Crippen molar-refractivity contribution in [3.8, 4) is 0 Å². The van der Waals surface area contributed by atoms with Crippen molar-refractivity contribution in [2.24, 2.45) is 0 Å². The maximum Gasteiger partial charge on any atom is 0.301 e.